The minimum atomic E-state index is 0.489. The molecule has 0 atom stereocenters. The quantitative estimate of drug-likeness (QED) is 0.749. The van der Waals surface area contributed by atoms with Gasteiger partial charge >= 0.3 is 0 Å². The molecule has 0 fully saturated rings. The molecule has 0 bridgehead atoms. The molecule has 2 aromatic heterocycles. The van der Waals surface area contributed by atoms with Crippen LogP contribution < -0.4 is 0 Å². The van der Waals surface area contributed by atoms with E-state index in [-0.39, 0.29) is 0 Å². The maximum Gasteiger partial charge on any atom is 0.131 e. The third-order valence-corrected chi connectivity index (χ3v) is 2.96. The number of halogens is 1. The molecule has 0 amide bonds. The van der Waals surface area contributed by atoms with Gasteiger partial charge in [-0.05, 0) is 31.9 Å². The van der Waals surface area contributed by atoms with Gasteiger partial charge in [-0.1, -0.05) is 18.5 Å². The van der Waals surface area contributed by atoms with Gasteiger partial charge in [0.2, 0.25) is 0 Å². The molecule has 0 aliphatic heterocycles. The van der Waals surface area contributed by atoms with Gasteiger partial charge < -0.3 is 0 Å². The Balaban J connectivity index is 2.56. The lowest BCUT2D eigenvalue weighted by atomic mass is 10.1. The number of hydrogen-bond acceptors (Lipinski definition) is 2. The minimum Gasteiger partial charge on any atom is -0.244 e. The van der Waals surface area contributed by atoms with E-state index in [2.05, 4.69) is 23.9 Å². The summed E-state index contributed by atoms with van der Waals surface area (Å²) < 4.78 is 1.92. The molecular formula is C12H14ClN3. The number of pyridine rings is 1. The monoisotopic (exact) mass is 235 g/mol. The molecule has 0 aromatic carbocycles. The molecule has 0 saturated heterocycles. The van der Waals surface area contributed by atoms with E-state index in [0.717, 1.165) is 17.8 Å². The summed E-state index contributed by atoms with van der Waals surface area (Å²) in [6.45, 7) is 6.25. The van der Waals surface area contributed by atoms with Gasteiger partial charge in [0.1, 0.15) is 5.15 Å². The highest BCUT2D eigenvalue weighted by molar-refractivity contribution is 6.29. The maximum absolute atomic E-state index is 5.88. The fourth-order valence-electron chi connectivity index (χ4n) is 1.96. The average molecular weight is 236 g/mol. The maximum atomic E-state index is 5.88. The Kier molecular flexibility index (Phi) is 2.97. The normalized spacial score (nSPS) is 10.8. The van der Waals surface area contributed by atoms with E-state index in [0.29, 0.717) is 5.15 Å². The topological polar surface area (TPSA) is 30.7 Å². The predicted molar refractivity (Wildman–Crippen MR) is 65.2 cm³/mol. The second-order valence-electron chi connectivity index (χ2n) is 3.75. The molecule has 4 heteroatoms. The van der Waals surface area contributed by atoms with Crippen molar-refractivity contribution in [1.29, 1.82) is 0 Å². The van der Waals surface area contributed by atoms with Crippen molar-refractivity contribution in [1.82, 2.24) is 14.8 Å². The van der Waals surface area contributed by atoms with Crippen LogP contribution in [0.3, 0.4) is 0 Å². The van der Waals surface area contributed by atoms with Crippen molar-refractivity contribution < 1.29 is 0 Å². The summed E-state index contributed by atoms with van der Waals surface area (Å²) in [6, 6.07) is 3.73. The lowest BCUT2D eigenvalue weighted by Crippen LogP contribution is -1.99. The van der Waals surface area contributed by atoms with Crippen molar-refractivity contribution in [3.63, 3.8) is 0 Å². The van der Waals surface area contributed by atoms with Crippen molar-refractivity contribution in [2.45, 2.75) is 27.2 Å². The molecule has 84 valence electrons. The molecule has 3 nitrogen and oxygen atoms in total. The summed E-state index contributed by atoms with van der Waals surface area (Å²) >= 11 is 5.88. The standard InChI is InChI=1S/C12H14ClN3/c1-4-11-8(2)15-16(9(11)3)10-5-6-14-12(13)7-10/h5-7H,4H2,1-3H3. The fraction of sp³-hybridized carbons (Fsp3) is 0.333. The third kappa shape index (κ3) is 1.83. The first-order valence-electron chi connectivity index (χ1n) is 5.30. The van der Waals surface area contributed by atoms with E-state index < -0.39 is 0 Å². The molecule has 0 unspecified atom stereocenters. The van der Waals surface area contributed by atoms with Crippen LogP contribution in [0.1, 0.15) is 23.9 Å². The van der Waals surface area contributed by atoms with Gasteiger partial charge in [-0.25, -0.2) is 9.67 Å². The van der Waals surface area contributed by atoms with Crippen molar-refractivity contribution in [2.75, 3.05) is 0 Å². The molecular weight excluding hydrogens is 222 g/mol. The molecule has 0 aliphatic rings. The Morgan fingerprint density at radius 3 is 2.69 bits per heavy atom. The Morgan fingerprint density at radius 2 is 2.12 bits per heavy atom. The Bertz CT molecular complexity index is 517. The highest BCUT2D eigenvalue weighted by Gasteiger charge is 2.11. The van der Waals surface area contributed by atoms with Crippen LogP contribution in [-0.4, -0.2) is 14.8 Å². The van der Waals surface area contributed by atoms with Gasteiger partial charge in [-0.15, -0.1) is 0 Å². The van der Waals surface area contributed by atoms with E-state index in [4.69, 9.17) is 11.6 Å². The Labute approximate surface area is 100 Å². The summed E-state index contributed by atoms with van der Waals surface area (Å²) in [4.78, 5) is 3.97. The van der Waals surface area contributed by atoms with Crippen molar-refractivity contribution in [3.8, 4) is 5.69 Å². The van der Waals surface area contributed by atoms with Crippen LogP contribution in [0.25, 0.3) is 5.69 Å². The number of hydrogen-bond donors (Lipinski definition) is 0. The highest BCUT2D eigenvalue weighted by atomic mass is 35.5. The van der Waals surface area contributed by atoms with Gasteiger partial charge in [0.25, 0.3) is 0 Å². The molecule has 0 aliphatic carbocycles. The first kappa shape index (κ1) is 11.1. The van der Waals surface area contributed by atoms with E-state index >= 15 is 0 Å². The molecule has 0 saturated carbocycles. The minimum absolute atomic E-state index is 0.489. The van der Waals surface area contributed by atoms with Crippen molar-refractivity contribution in [3.05, 3.63) is 40.4 Å². The number of aryl methyl sites for hydroxylation is 1. The average Bonchev–Trinajstić information content (AvgIpc) is 2.54. The second kappa shape index (κ2) is 4.26. The SMILES string of the molecule is CCc1c(C)nn(-c2ccnc(Cl)c2)c1C. The molecule has 2 rings (SSSR count). The van der Waals surface area contributed by atoms with Gasteiger partial charge in [0.05, 0.1) is 11.4 Å². The van der Waals surface area contributed by atoms with Gasteiger partial charge in [0.15, 0.2) is 0 Å². The lowest BCUT2D eigenvalue weighted by molar-refractivity contribution is 0.830. The fourth-order valence-corrected chi connectivity index (χ4v) is 2.13. The molecule has 0 N–H and O–H groups in total. The lowest BCUT2D eigenvalue weighted by Gasteiger charge is -2.04. The molecule has 2 heterocycles. The smallest absolute Gasteiger partial charge is 0.131 e. The number of rotatable bonds is 2. The Hall–Kier alpha value is -1.35. The second-order valence-corrected chi connectivity index (χ2v) is 4.14. The summed E-state index contributed by atoms with van der Waals surface area (Å²) in [5.74, 6) is 0. The van der Waals surface area contributed by atoms with Crippen LogP contribution in [0.15, 0.2) is 18.3 Å². The van der Waals surface area contributed by atoms with Gasteiger partial charge in [-0.2, -0.15) is 5.10 Å². The Morgan fingerprint density at radius 1 is 1.38 bits per heavy atom. The first-order chi connectivity index (χ1) is 7.63. The molecule has 0 radical (unpaired) electrons. The largest absolute Gasteiger partial charge is 0.244 e. The zero-order valence-electron chi connectivity index (χ0n) is 9.66. The van der Waals surface area contributed by atoms with Crippen molar-refractivity contribution >= 4 is 11.6 Å². The van der Waals surface area contributed by atoms with Crippen LogP contribution in [0.5, 0.6) is 0 Å². The zero-order chi connectivity index (χ0) is 11.7. The van der Waals surface area contributed by atoms with E-state index in [1.54, 1.807) is 6.20 Å². The van der Waals surface area contributed by atoms with Gasteiger partial charge in [-0.3, -0.25) is 0 Å². The van der Waals surface area contributed by atoms with Gasteiger partial charge in [0, 0.05) is 18.0 Å². The van der Waals surface area contributed by atoms with E-state index in [9.17, 15) is 0 Å². The number of aromatic nitrogens is 3. The molecule has 2 aromatic rings. The van der Waals surface area contributed by atoms with E-state index in [1.165, 1.54) is 11.3 Å². The van der Waals surface area contributed by atoms with E-state index in [1.807, 2.05) is 23.7 Å². The summed E-state index contributed by atoms with van der Waals surface area (Å²) in [7, 11) is 0. The number of nitrogens with zero attached hydrogens (tertiary/aromatic N) is 3. The van der Waals surface area contributed by atoms with Crippen LogP contribution in [0.2, 0.25) is 5.15 Å². The van der Waals surface area contributed by atoms with Crippen molar-refractivity contribution in [2.24, 2.45) is 0 Å². The highest BCUT2D eigenvalue weighted by Crippen LogP contribution is 2.19. The summed E-state index contributed by atoms with van der Waals surface area (Å²) in [5.41, 5.74) is 4.50. The van der Waals surface area contributed by atoms with Crippen LogP contribution >= 0.6 is 11.6 Å². The first-order valence-corrected chi connectivity index (χ1v) is 5.68. The van der Waals surface area contributed by atoms with Crippen LogP contribution in [0.4, 0.5) is 0 Å². The summed E-state index contributed by atoms with van der Waals surface area (Å²) in [5, 5.41) is 5.01. The van der Waals surface area contributed by atoms with Crippen LogP contribution in [-0.2, 0) is 6.42 Å². The third-order valence-electron chi connectivity index (χ3n) is 2.75. The summed E-state index contributed by atoms with van der Waals surface area (Å²) in [6.07, 6.45) is 2.69. The molecule has 0 spiro atoms. The van der Waals surface area contributed by atoms with Crippen LogP contribution in [0, 0.1) is 13.8 Å². The predicted octanol–water partition coefficient (Wildman–Crippen LogP) is 3.10. The molecule has 16 heavy (non-hydrogen) atoms. The zero-order valence-corrected chi connectivity index (χ0v) is 10.4.